The van der Waals surface area contributed by atoms with Gasteiger partial charge in [0.2, 0.25) is 0 Å². The number of hydrogen-bond donors (Lipinski definition) is 0. The third-order valence-corrected chi connectivity index (χ3v) is 5.87. The fourth-order valence-electron chi connectivity index (χ4n) is 4.08. The van der Waals surface area contributed by atoms with Crippen LogP contribution in [0.3, 0.4) is 0 Å². The van der Waals surface area contributed by atoms with Crippen LogP contribution >= 0.6 is 11.6 Å². The number of rotatable bonds is 5. The van der Waals surface area contributed by atoms with Crippen molar-refractivity contribution >= 4 is 34.7 Å². The number of benzene rings is 2. The van der Waals surface area contributed by atoms with Crippen molar-refractivity contribution in [1.82, 2.24) is 9.80 Å². The molecule has 0 aliphatic carbocycles. The molecule has 1 saturated heterocycles. The normalized spacial score (nSPS) is 17.2. The maximum absolute atomic E-state index is 13.1. The smallest absolute Gasteiger partial charge is 0.277 e. The van der Waals surface area contributed by atoms with Gasteiger partial charge in [0, 0.05) is 37.7 Å². The molecule has 0 atom stereocenters. The highest BCUT2D eigenvalue weighted by molar-refractivity contribution is 6.36. The molecule has 2 aliphatic heterocycles. The van der Waals surface area contributed by atoms with Crippen LogP contribution in [-0.2, 0) is 9.59 Å². The molecule has 30 heavy (non-hydrogen) atoms. The van der Waals surface area contributed by atoms with Crippen molar-refractivity contribution in [3.63, 3.8) is 0 Å². The molecule has 1 fully saturated rings. The van der Waals surface area contributed by atoms with Crippen LogP contribution in [0.15, 0.2) is 54.2 Å². The molecule has 7 heteroatoms. The Balaban J connectivity index is 1.63. The van der Waals surface area contributed by atoms with Gasteiger partial charge in [-0.15, -0.1) is 0 Å². The average molecular weight is 426 g/mol. The van der Waals surface area contributed by atoms with Gasteiger partial charge in [0.05, 0.1) is 18.4 Å². The Hall–Kier alpha value is -2.99. The molecular formula is C23H24ClN3O3. The number of halogens is 1. The van der Waals surface area contributed by atoms with E-state index in [-0.39, 0.29) is 11.8 Å². The maximum Gasteiger partial charge on any atom is 0.277 e. The molecule has 6 nitrogen and oxygen atoms in total. The Morgan fingerprint density at radius 3 is 2.17 bits per heavy atom. The number of methoxy groups -OCH3 is 1. The second-order valence-electron chi connectivity index (χ2n) is 7.23. The third-order valence-electron chi connectivity index (χ3n) is 5.61. The number of nitrogens with zero attached hydrogens (tertiary/aromatic N) is 3. The molecule has 0 spiro atoms. The first-order valence-electron chi connectivity index (χ1n) is 10.0. The molecule has 156 valence electrons. The summed E-state index contributed by atoms with van der Waals surface area (Å²) in [6, 6.07) is 15.0. The van der Waals surface area contributed by atoms with Gasteiger partial charge in [-0.05, 0) is 36.8 Å². The minimum absolute atomic E-state index is 0.224. The number of piperazine rings is 1. The quantitative estimate of drug-likeness (QED) is 0.688. The van der Waals surface area contributed by atoms with Crippen molar-refractivity contribution in [2.24, 2.45) is 0 Å². The summed E-state index contributed by atoms with van der Waals surface area (Å²) in [6.07, 6.45) is 0. The second kappa shape index (κ2) is 8.40. The van der Waals surface area contributed by atoms with Gasteiger partial charge in [-0.2, -0.15) is 0 Å². The van der Waals surface area contributed by atoms with Gasteiger partial charge in [0.15, 0.2) is 0 Å². The summed E-state index contributed by atoms with van der Waals surface area (Å²) < 4.78 is 5.49. The van der Waals surface area contributed by atoms with Crippen molar-refractivity contribution in [1.29, 1.82) is 0 Å². The van der Waals surface area contributed by atoms with Gasteiger partial charge < -0.3 is 14.5 Å². The lowest BCUT2D eigenvalue weighted by Crippen LogP contribution is -2.47. The lowest BCUT2D eigenvalue weighted by molar-refractivity contribution is -0.137. The summed E-state index contributed by atoms with van der Waals surface area (Å²) in [6.45, 7) is 4.90. The molecule has 2 aromatic rings. The van der Waals surface area contributed by atoms with Crippen molar-refractivity contribution in [2.45, 2.75) is 6.92 Å². The second-order valence-corrected chi connectivity index (χ2v) is 7.67. The lowest BCUT2D eigenvalue weighted by atomic mass is 10.0. The van der Waals surface area contributed by atoms with Gasteiger partial charge in [-0.1, -0.05) is 35.9 Å². The Labute approximate surface area is 181 Å². The predicted molar refractivity (Wildman–Crippen MR) is 118 cm³/mol. The summed E-state index contributed by atoms with van der Waals surface area (Å²) in [5.41, 5.74) is 2.71. The molecule has 0 aromatic heterocycles. The van der Waals surface area contributed by atoms with Crippen LogP contribution < -0.4 is 9.64 Å². The van der Waals surface area contributed by atoms with Crippen molar-refractivity contribution < 1.29 is 14.3 Å². The lowest BCUT2D eigenvalue weighted by Gasteiger charge is -2.38. The van der Waals surface area contributed by atoms with Crippen LogP contribution in [0.5, 0.6) is 5.75 Å². The zero-order chi connectivity index (χ0) is 21.3. The number of carbonyl (C=O) groups is 2. The number of imide groups is 1. The number of carbonyl (C=O) groups excluding carboxylic acids is 2. The van der Waals surface area contributed by atoms with E-state index in [0.29, 0.717) is 35.9 Å². The number of likely N-dealkylation sites (N-methyl/N-ethyl adjacent to an activating group) is 1. The summed E-state index contributed by atoms with van der Waals surface area (Å²) >= 11 is 6.02. The summed E-state index contributed by atoms with van der Waals surface area (Å²) in [5, 5.41) is 0.593. The van der Waals surface area contributed by atoms with E-state index >= 15 is 0 Å². The fraction of sp³-hybridized carbons (Fsp3) is 0.304. The van der Waals surface area contributed by atoms with E-state index in [1.807, 2.05) is 36.1 Å². The van der Waals surface area contributed by atoms with Crippen LogP contribution in [0, 0.1) is 0 Å². The third kappa shape index (κ3) is 3.52. The molecule has 2 aliphatic rings. The van der Waals surface area contributed by atoms with E-state index in [1.165, 1.54) is 4.90 Å². The molecule has 0 N–H and O–H groups in total. The Morgan fingerprint density at radius 1 is 0.900 bits per heavy atom. The van der Waals surface area contributed by atoms with Gasteiger partial charge in [-0.25, -0.2) is 0 Å². The Kier molecular flexibility index (Phi) is 5.68. The van der Waals surface area contributed by atoms with E-state index in [4.69, 9.17) is 16.3 Å². The van der Waals surface area contributed by atoms with E-state index < -0.39 is 0 Å². The van der Waals surface area contributed by atoms with Gasteiger partial charge in [0.25, 0.3) is 11.8 Å². The van der Waals surface area contributed by atoms with Gasteiger partial charge in [0.1, 0.15) is 11.4 Å². The van der Waals surface area contributed by atoms with Crippen LogP contribution in [0.1, 0.15) is 12.5 Å². The first kappa shape index (κ1) is 20.3. The first-order valence-corrected chi connectivity index (χ1v) is 10.4. The van der Waals surface area contributed by atoms with Crippen LogP contribution in [0.2, 0.25) is 5.02 Å². The number of anilines is 1. The highest BCUT2D eigenvalue weighted by Crippen LogP contribution is 2.34. The summed E-state index contributed by atoms with van der Waals surface area (Å²) in [4.78, 5) is 31.7. The molecule has 0 saturated carbocycles. The molecule has 2 aromatic carbocycles. The highest BCUT2D eigenvalue weighted by atomic mass is 35.5. The standard InChI is InChI=1S/C23H24ClN3O3/c1-3-27-22(28)20(16-8-10-17(24)11-9-16)21(23(27)29)26-14-12-25(13-15-26)18-6-4-5-7-19(18)30-2/h4-11H,3,12-15H2,1-2H3. The molecule has 2 heterocycles. The molecule has 0 radical (unpaired) electrons. The number of amides is 2. The van der Waals surface area contributed by atoms with E-state index in [9.17, 15) is 9.59 Å². The number of ether oxygens (including phenoxy) is 1. The van der Waals surface area contributed by atoms with Crippen molar-refractivity contribution in [3.8, 4) is 5.75 Å². The topological polar surface area (TPSA) is 53.1 Å². The van der Waals surface area contributed by atoms with E-state index in [2.05, 4.69) is 4.90 Å². The number of hydrogen-bond acceptors (Lipinski definition) is 5. The summed E-state index contributed by atoms with van der Waals surface area (Å²) in [5.74, 6) is 0.362. The van der Waals surface area contributed by atoms with Crippen LogP contribution in [0.4, 0.5) is 5.69 Å². The fourth-order valence-corrected chi connectivity index (χ4v) is 4.21. The van der Waals surface area contributed by atoms with E-state index in [1.54, 1.807) is 31.4 Å². The largest absolute Gasteiger partial charge is 0.495 e. The highest BCUT2D eigenvalue weighted by Gasteiger charge is 2.41. The van der Waals surface area contributed by atoms with Gasteiger partial charge >= 0.3 is 0 Å². The van der Waals surface area contributed by atoms with Crippen LogP contribution in [-0.4, -0.2) is 61.4 Å². The SMILES string of the molecule is CCN1C(=O)C(c2ccc(Cl)cc2)=C(N2CCN(c3ccccc3OC)CC2)C1=O. The molecule has 2 amide bonds. The maximum atomic E-state index is 13.1. The zero-order valence-electron chi connectivity index (χ0n) is 17.1. The van der Waals surface area contributed by atoms with Crippen LogP contribution in [0.25, 0.3) is 5.57 Å². The first-order chi connectivity index (χ1) is 14.5. The van der Waals surface area contributed by atoms with Gasteiger partial charge in [-0.3, -0.25) is 14.5 Å². The van der Waals surface area contributed by atoms with Crippen molar-refractivity contribution in [2.75, 3.05) is 44.7 Å². The minimum atomic E-state index is -0.244. The summed E-state index contributed by atoms with van der Waals surface area (Å²) in [7, 11) is 1.67. The Morgan fingerprint density at radius 2 is 1.53 bits per heavy atom. The monoisotopic (exact) mass is 425 g/mol. The van der Waals surface area contributed by atoms with Crippen molar-refractivity contribution in [3.05, 3.63) is 64.8 Å². The predicted octanol–water partition coefficient (Wildman–Crippen LogP) is 3.27. The molecular weight excluding hydrogens is 402 g/mol. The number of para-hydroxylation sites is 2. The molecule has 0 bridgehead atoms. The average Bonchev–Trinajstić information content (AvgIpc) is 3.03. The molecule has 0 unspecified atom stereocenters. The molecule has 4 rings (SSSR count). The minimum Gasteiger partial charge on any atom is -0.495 e. The Bertz CT molecular complexity index is 995. The zero-order valence-corrected chi connectivity index (χ0v) is 17.9. The van der Waals surface area contributed by atoms with E-state index in [0.717, 1.165) is 30.1 Å².